The number of methoxy groups -OCH3 is 1. The number of ether oxygens (including phenoxy) is 1. The van der Waals surface area contributed by atoms with Gasteiger partial charge < -0.3 is 15.4 Å². The molecule has 1 fully saturated rings. The van der Waals surface area contributed by atoms with Crippen molar-refractivity contribution in [2.45, 2.75) is 31.2 Å². The van der Waals surface area contributed by atoms with Crippen molar-refractivity contribution >= 4 is 33.5 Å². The fourth-order valence-corrected chi connectivity index (χ4v) is 4.54. The Balaban J connectivity index is 2.45. The zero-order valence-corrected chi connectivity index (χ0v) is 15.6. The summed E-state index contributed by atoms with van der Waals surface area (Å²) in [6.45, 7) is 3.10. The van der Waals surface area contributed by atoms with Crippen LogP contribution in [0.1, 0.15) is 18.9 Å². The first-order valence-electron chi connectivity index (χ1n) is 7.91. The molecule has 2 N–H and O–H groups in total. The van der Waals surface area contributed by atoms with E-state index < -0.39 is 27.9 Å². The van der Waals surface area contributed by atoms with Crippen LogP contribution in [0.3, 0.4) is 0 Å². The molecule has 1 aromatic rings. The van der Waals surface area contributed by atoms with Gasteiger partial charge in [0.25, 0.3) is 0 Å². The van der Waals surface area contributed by atoms with E-state index in [9.17, 15) is 22.8 Å². The number of hydrogen-bond acceptors (Lipinski definition) is 6. The van der Waals surface area contributed by atoms with E-state index in [1.807, 2.05) is 0 Å². The molecule has 142 valence electrons. The minimum atomic E-state index is -4.07. The topological polar surface area (TPSA) is 122 Å². The van der Waals surface area contributed by atoms with Crippen LogP contribution in [0.4, 0.5) is 5.69 Å². The number of amides is 2. The third-order valence-corrected chi connectivity index (χ3v) is 6.01. The number of benzene rings is 1. The van der Waals surface area contributed by atoms with Crippen LogP contribution in [-0.2, 0) is 29.1 Å². The van der Waals surface area contributed by atoms with E-state index in [1.54, 1.807) is 19.1 Å². The molecule has 2 amide bonds. The fraction of sp³-hybridized carbons (Fsp3) is 0.438. The maximum atomic E-state index is 13.2. The predicted octanol–water partition coefficient (Wildman–Crippen LogP) is 0.00562. The second-order valence-corrected chi connectivity index (χ2v) is 7.72. The van der Waals surface area contributed by atoms with Gasteiger partial charge in [-0.15, -0.1) is 0 Å². The molecule has 1 aliphatic heterocycles. The maximum absolute atomic E-state index is 13.2. The minimum Gasteiger partial charge on any atom is -0.469 e. The normalized spacial score (nSPS) is 18.1. The lowest BCUT2D eigenvalue weighted by molar-refractivity contribution is -0.144. The number of piperazine rings is 1. The van der Waals surface area contributed by atoms with Gasteiger partial charge in [0.2, 0.25) is 21.8 Å². The Morgan fingerprint density at radius 1 is 1.38 bits per heavy atom. The highest BCUT2D eigenvalue weighted by atomic mass is 32.2. The first-order valence-corrected chi connectivity index (χ1v) is 9.35. The smallest absolute Gasteiger partial charge is 0.307 e. The van der Waals surface area contributed by atoms with Gasteiger partial charge in [0.05, 0.1) is 18.4 Å². The number of esters is 1. The van der Waals surface area contributed by atoms with Crippen molar-refractivity contribution in [1.29, 1.82) is 0 Å². The number of anilines is 1. The molecular weight excluding hydrogens is 362 g/mol. The van der Waals surface area contributed by atoms with Crippen molar-refractivity contribution < 1.29 is 27.5 Å². The molecule has 1 heterocycles. The number of sulfonamides is 1. The SMILES string of the molecule is COC(=O)C[C@H]1C(=O)NCCN1S(=O)(=O)c1cc(NC(C)=O)ccc1C. The van der Waals surface area contributed by atoms with Gasteiger partial charge in [0.15, 0.2) is 0 Å². The monoisotopic (exact) mass is 383 g/mol. The molecule has 1 aliphatic rings. The fourth-order valence-electron chi connectivity index (χ4n) is 2.70. The van der Waals surface area contributed by atoms with Gasteiger partial charge in [-0.2, -0.15) is 4.31 Å². The Kier molecular flexibility index (Phi) is 5.98. The van der Waals surface area contributed by atoms with Gasteiger partial charge in [-0.05, 0) is 24.6 Å². The summed E-state index contributed by atoms with van der Waals surface area (Å²) < 4.78 is 31.9. The van der Waals surface area contributed by atoms with Gasteiger partial charge in [-0.3, -0.25) is 14.4 Å². The van der Waals surface area contributed by atoms with Crippen molar-refractivity contribution in [3.63, 3.8) is 0 Å². The summed E-state index contributed by atoms with van der Waals surface area (Å²) in [5, 5.41) is 5.09. The van der Waals surface area contributed by atoms with E-state index in [1.165, 1.54) is 20.1 Å². The minimum absolute atomic E-state index is 0.0273. The number of carbonyl (C=O) groups excluding carboxylic acids is 3. The third-order valence-electron chi connectivity index (χ3n) is 3.96. The molecule has 0 unspecified atom stereocenters. The quantitative estimate of drug-likeness (QED) is 0.691. The Morgan fingerprint density at radius 2 is 2.08 bits per heavy atom. The second-order valence-electron chi connectivity index (χ2n) is 5.86. The molecule has 26 heavy (non-hydrogen) atoms. The van der Waals surface area contributed by atoms with Crippen molar-refractivity contribution in [3.05, 3.63) is 23.8 Å². The van der Waals surface area contributed by atoms with Crippen LogP contribution in [0.15, 0.2) is 23.1 Å². The molecule has 9 nitrogen and oxygen atoms in total. The molecule has 1 atom stereocenters. The van der Waals surface area contributed by atoms with Crippen molar-refractivity contribution in [3.8, 4) is 0 Å². The number of aryl methyl sites for hydroxylation is 1. The van der Waals surface area contributed by atoms with Crippen LogP contribution >= 0.6 is 0 Å². The second kappa shape index (κ2) is 7.83. The Morgan fingerprint density at radius 3 is 2.69 bits per heavy atom. The Labute approximate surface area is 151 Å². The number of carbonyl (C=O) groups is 3. The molecule has 1 aromatic carbocycles. The van der Waals surface area contributed by atoms with E-state index >= 15 is 0 Å². The van der Waals surface area contributed by atoms with E-state index in [0.29, 0.717) is 11.3 Å². The highest BCUT2D eigenvalue weighted by Gasteiger charge is 2.40. The summed E-state index contributed by atoms with van der Waals surface area (Å²) in [6, 6.07) is 3.31. The number of nitrogens with zero attached hydrogens (tertiary/aromatic N) is 1. The van der Waals surface area contributed by atoms with Crippen LogP contribution < -0.4 is 10.6 Å². The average Bonchev–Trinajstić information content (AvgIpc) is 2.57. The van der Waals surface area contributed by atoms with Crippen molar-refractivity contribution in [2.75, 3.05) is 25.5 Å². The zero-order valence-electron chi connectivity index (χ0n) is 14.7. The summed E-state index contributed by atoms with van der Waals surface area (Å²) >= 11 is 0. The lowest BCUT2D eigenvalue weighted by Gasteiger charge is -2.33. The van der Waals surface area contributed by atoms with Crippen LogP contribution in [0.2, 0.25) is 0 Å². The number of rotatable bonds is 5. The Bertz CT molecular complexity index is 836. The number of hydrogen-bond donors (Lipinski definition) is 2. The summed E-state index contributed by atoms with van der Waals surface area (Å²) in [5.74, 6) is -1.57. The molecule has 0 radical (unpaired) electrons. The van der Waals surface area contributed by atoms with Gasteiger partial charge in [-0.1, -0.05) is 6.07 Å². The third kappa shape index (κ3) is 4.20. The van der Waals surface area contributed by atoms with Gasteiger partial charge in [0.1, 0.15) is 6.04 Å². The van der Waals surface area contributed by atoms with E-state index in [-0.39, 0.29) is 30.3 Å². The van der Waals surface area contributed by atoms with Crippen molar-refractivity contribution in [2.24, 2.45) is 0 Å². The van der Waals surface area contributed by atoms with E-state index in [0.717, 1.165) is 4.31 Å². The maximum Gasteiger partial charge on any atom is 0.307 e. The molecule has 0 bridgehead atoms. The highest BCUT2D eigenvalue weighted by molar-refractivity contribution is 7.89. The molecule has 1 saturated heterocycles. The van der Waals surface area contributed by atoms with E-state index in [4.69, 9.17) is 0 Å². The number of nitrogens with one attached hydrogen (secondary N) is 2. The molecule has 0 saturated carbocycles. The van der Waals surface area contributed by atoms with Crippen LogP contribution in [0.25, 0.3) is 0 Å². The average molecular weight is 383 g/mol. The van der Waals surface area contributed by atoms with E-state index in [2.05, 4.69) is 15.4 Å². The summed E-state index contributed by atoms with van der Waals surface area (Å²) in [6.07, 6.45) is -0.383. The van der Waals surface area contributed by atoms with Crippen molar-refractivity contribution in [1.82, 2.24) is 9.62 Å². The van der Waals surface area contributed by atoms with Gasteiger partial charge in [0, 0.05) is 25.7 Å². The highest BCUT2D eigenvalue weighted by Crippen LogP contribution is 2.27. The zero-order chi connectivity index (χ0) is 19.5. The summed E-state index contributed by atoms with van der Waals surface area (Å²) in [7, 11) is -2.90. The first kappa shape index (κ1) is 19.9. The lowest BCUT2D eigenvalue weighted by atomic mass is 10.1. The molecule has 2 rings (SSSR count). The standard InChI is InChI=1S/C16H21N3O6S/c1-10-4-5-12(18-11(2)20)8-14(10)26(23,24)19-7-6-17-16(22)13(19)9-15(21)25-3/h4-5,8,13H,6-7,9H2,1-3H3,(H,17,22)(H,18,20)/t13-/m0/s1. The summed E-state index contributed by atoms with van der Waals surface area (Å²) in [4.78, 5) is 35.0. The summed E-state index contributed by atoms with van der Waals surface area (Å²) in [5.41, 5.74) is 0.787. The molecular formula is C16H21N3O6S. The predicted molar refractivity (Wildman–Crippen MR) is 92.8 cm³/mol. The largest absolute Gasteiger partial charge is 0.469 e. The van der Waals surface area contributed by atoms with Crippen LogP contribution in [0, 0.1) is 6.92 Å². The lowest BCUT2D eigenvalue weighted by Crippen LogP contribution is -2.57. The van der Waals surface area contributed by atoms with Crippen LogP contribution in [-0.4, -0.2) is 56.7 Å². The van der Waals surface area contributed by atoms with Gasteiger partial charge >= 0.3 is 5.97 Å². The Hall–Kier alpha value is -2.46. The molecule has 0 aliphatic carbocycles. The van der Waals surface area contributed by atoms with Gasteiger partial charge in [-0.25, -0.2) is 8.42 Å². The van der Waals surface area contributed by atoms with Crippen LogP contribution in [0.5, 0.6) is 0 Å². The first-order chi connectivity index (χ1) is 12.2. The molecule has 10 heteroatoms. The molecule has 0 aromatic heterocycles. The molecule has 0 spiro atoms.